The van der Waals surface area contributed by atoms with Crippen molar-refractivity contribution in [3.63, 3.8) is 0 Å². The summed E-state index contributed by atoms with van der Waals surface area (Å²) in [6.45, 7) is 4.16. The van der Waals surface area contributed by atoms with E-state index in [0.717, 1.165) is 33.3 Å². The first-order valence-corrected chi connectivity index (χ1v) is 11.0. The minimum absolute atomic E-state index is 0.00762. The van der Waals surface area contributed by atoms with Gasteiger partial charge in [0.2, 0.25) is 5.91 Å². The molecule has 0 saturated heterocycles. The third-order valence-electron chi connectivity index (χ3n) is 4.04. The molecule has 0 radical (unpaired) electrons. The van der Waals surface area contributed by atoms with Crippen LogP contribution in [0.5, 0.6) is 0 Å². The van der Waals surface area contributed by atoms with Crippen LogP contribution in [-0.2, 0) is 4.79 Å². The van der Waals surface area contributed by atoms with Crippen molar-refractivity contribution in [2.24, 2.45) is 0 Å². The molecule has 3 aromatic rings. The van der Waals surface area contributed by atoms with E-state index in [4.69, 9.17) is 11.6 Å². The molecule has 27 heavy (non-hydrogen) atoms. The zero-order valence-corrected chi connectivity index (χ0v) is 17.7. The van der Waals surface area contributed by atoms with Gasteiger partial charge in [0.25, 0.3) is 0 Å². The number of thioether (sulfide) groups is 1. The molecule has 0 aliphatic rings. The van der Waals surface area contributed by atoms with Gasteiger partial charge in [0.15, 0.2) is 5.13 Å². The van der Waals surface area contributed by atoms with Crippen LogP contribution in [0.25, 0.3) is 11.3 Å². The molecule has 0 fully saturated rings. The van der Waals surface area contributed by atoms with E-state index >= 15 is 0 Å². The SMILES string of the molecule is Cc1ccc(-c2csc(NC(=O)CCCSc3ccc(Cl)cc3)n2)c(C)c1. The van der Waals surface area contributed by atoms with Crippen LogP contribution in [0.4, 0.5) is 5.13 Å². The molecule has 1 amide bonds. The van der Waals surface area contributed by atoms with Crippen molar-refractivity contribution in [2.75, 3.05) is 11.1 Å². The molecular weight excluding hydrogens is 396 g/mol. The van der Waals surface area contributed by atoms with E-state index in [1.807, 2.05) is 29.6 Å². The number of nitrogens with one attached hydrogen (secondary N) is 1. The Bertz CT molecular complexity index is 922. The van der Waals surface area contributed by atoms with Crippen LogP contribution < -0.4 is 5.32 Å². The van der Waals surface area contributed by atoms with Gasteiger partial charge >= 0.3 is 0 Å². The average molecular weight is 417 g/mol. The highest BCUT2D eigenvalue weighted by Gasteiger charge is 2.10. The molecule has 0 spiro atoms. The predicted molar refractivity (Wildman–Crippen MR) is 117 cm³/mol. The van der Waals surface area contributed by atoms with Crippen LogP contribution in [0.1, 0.15) is 24.0 Å². The largest absolute Gasteiger partial charge is 0.302 e. The second-order valence-corrected chi connectivity index (χ2v) is 8.77. The lowest BCUT2D eigenvalue weighted by Gasteiger charge is -2.04. The van der Waals surface area contributed by atoms with E-state index in [2.05, 4.69) is 42.3 Å². The number of hydrogen-bond donors (Lipinski definition) is 1. The minimum Gasteiger partial charge on any atom is -0.302 e. The topological polar surface area (TPSA) is 42.0 Å². The van der Waals surface area contributed by atoms with Crippen molar-refractivity contribution in [3.8, 4) is 11.3 Å². The number of thiazole rings is 1. The lowest BCUT2D eigenvalue weighted by Crippen LogP contribution is -2.11. The summed E-state index contributed by atoms with van der Waals surface area (Å²) < 4.78 is 0. The first-order chi connectivity index (χ1) is 13.0. The van der Waals surface area contributed by atoms with Crippen LogP contribution in [0.3, 0.4) is 0 Å². The lowest BCUT2D eigenvalue weighted by atomic mass is 10.0. The number of anilines is 1. The number of aryl methyl sites for hydroxylation is 2. The molecule has 0 saturated carbocycles. The molecule has 6 heteroatoms. The molecule has 0 aliphatic carbocycles. The molecule has 2 aromatic carbocycles. The Balaban J connectivity index is 1.47. The van der Waals surface area contributed by atoms with Gasteiger partial charge in [0.1, 0.15) is 0 Å². The molecule has 0 atom stereocenters. The average Bonchev–Trinajstić information content (AvgIpc) is 3.08. The van der Waals surface area contributed by atoms with Crippen molar-refractivity contribution in [3.05, 3.63) is 64.0 Å². The summed E-state index contributed by atoms with van der Waals surface area (Å²) in [5.41, 5.74) is 4.44. The van der Waals surface area contributed by atoms with Gasteiger partial charge in [-0.2, -0.15) is 0 Å². The third kappa shape index (κ3) is 5.83. The maximum atomic E-state index is 12.2. The van der Waals surface area contributed by atoms with Gasteiger partial charge in [-0.15, -0.1) is 23.1 Å². The van der Waals surface area contributed by atoms with Crippen molar-refractivity contribution >= 4 is 45.7 Å². The number of aromatic nitrogens is 1. The van der Waals surface area contributed by atoms with Gasteiger partial charge < -0.3 is 5.32 Å². The number of benzene rings is 2. The Morgan fingerprint density at radius 1 is 1.19 bits per heavy atom. The van der Waals surface area contributed by atoms with Crippen LogP contribution in [0, 0.1) is 13.8 Å². The highest BCUT2D eigenvalue weighted by molar-refractivity contribution is 7.99. The van der Waals surface area contributed by atoms with Crippen LogP contribution in [0.15, 0.2) is 52.7 Å². The third-order valence-corrected chi connectivity index (χ3v) is 6.15. The van der Waals surface area contributed by atoms with Gasteiger partial charge in [-0.3, -0.25) is 4.79 Å². The number of carbonyl (C=O) groups is 1. The summed E-state index contributed by atoms with van der Waals surface area (Å²) in [4.78, 5) is 17.9. The van der Waals surface area contributed by atoms with E-state index in [1.54, 1.807) is 11.8 Å². The normalized spacial score (nSPS) is 10.8. The first kappa shape index (κ1) is 19.9. The van der Waals surface area contributed by atoms with Gasteiger partial charge in [0, 0.05) is 27.3 Å². The summed E-state index contributed by atoms with van der Waals surface area (Å²) in [6.07, 6.45) is 1.30. The predicted octanol–water partition coefficient (Wildman–Crippen LogP) is 6.59. The van der Waals surface area contributed by atoms with Crippen molar-refractivity contribution in [1.29, 1.82) is 0 Å². The fourth-order valence-corrected chi connectivity index (χ4v) is 4.40. The van der Waals surface area contributed by atoms with Crippen LogP contribution >= 0.6 is 34.7 Å². The summed E-state index contributed by atoms with van der Waals surface area (Å²) in [5.74, 6) is 0.897. The summed E-state index contributed by atoms with van der Waals surface area (Å²) in [5, 5.41) is 6.29. The number of hydrogen-bond acceptors (Lipinski definition) is 4. The van der Waals surface area contributed by atoms with Crippen molar-refractivity contribution in [2.45, 2.75) is 31.6 Å². The first-order valence-electron chi connectivity index (χ1n) is 8.72. The Morgan fingerprint density at radius 2 is 1.96 bits per heavy atom. The maximum absolute atomic E-state index is 12.2. The molecule has 3 nitrogen and oxygen atoms in total. The van der Waals surface area contributed by atoms with E-state index in [1.165, 1.54) is 22.5 Å². The van der Waals surface area contributed by atoms with E-state index in [-0.39, 0.29) is 5.91 Å². The summed E-state index contributed by atoms with van der Waals surface area (Å²) in [7, 11) is 0. The second kappa shape index (κ2) is 9.40. The van der Waals surface area contributed by atoms with E-state index < -0.39 is 0 Å². The smallest absolute Gasteiger partial charge is 0.226 e. The Hall–Kier alpha value is -1.82. The maximum Gasteiger partial charge on any atom is 0.226 e. The Labute approximate surface area is 173 Å². The number of rotatable bonds is 7. The minimum atomic E-state index is 0.00762. The second-order valence-electron chi connectivity index (χ2n) is 6.31. The zero-order valence-electron chi connectivity index (χ0n) is 15.3. The fraction of sp³-hybridized carbons (Fsp3) is 0.238. The van der Waals surface area contributed by atoms with Gasteiger partial charge in [-0.25, -0.2) is 4.98 Å². The lowest BCUT2D eigenvalue weighted by molar-refractivity contribution is -0.116. The van der Waals surface area contributed by atoms with Gasteiger partial charge in [-0.05, 0) is 55.9 Å². The molecule has 1 heterocycles. The Morgan fingerprint density at radius 3 is 2.70 bits per heavy atom. The van der Waals surface area contributed by atoms with Crippen molar-refractivity contribution < 1.29 is 4.79 Å². The Kier molecular flexibility index (Phi) is 6.94. The van der Waals surface area contributed by atoms with Crippen LogP contribution in [0.2, 0.25) is 5.02 Å². The fourth-order valence-electron chi connectivity index (χ4n) is 2.69. The molecule has 0 bridgehead atoms. The molecule has 0 aliphatic heterocycles. The highest BCUT2D eigenvalue weighted by atomic mass is 35.5. The molecular formula is C21H21ClN2OS2. The van der Waals surface area contributed by atoms with Gasteiger partial charge in [-0.1, -0.05) is 35.4 Å². The van der Waals surface area contributed by atoms with Crippen molar-refractivity contribution in [1.82, 2.24) is 4.98 Å². The molecule has 3 rings (SSSR count). The molecule has 0 unspecified atom stereocenters. The standard InChI is InChI=1S/C21H21ClN2OS2/c1-14-5-10-18(15(2)12-14)19-13-27-21(23-19)24-20(25)4-3-11-26-17-8-6-16(22)7-9-17/h5-10,12-13H,3-4,11H2,1-2H3,(H,23,24,25). The summed E-state index contributed by atoms with van der Waals surface area (Å²) in [6, 6.07) is 14.1. The number of nitrogens with zero attached hydrogens (tertiary/aromatic N) is 1. The molecule has 1 aromatic heterocycles. The molecule has 1 N–H and O–H groups in total. The van der Waals surface area contributed by atoms with Gasteiger partial charge in [0.05, 0.1) is 5.69 Å². The monoisotopic (exact) mass is 416 g/mol. The summed E-state index contributed by atoms with van der Waals surface area (Å²) >= 11 is 9.07. The zero-order chi connectivity index (χ0) is 19.2. The van der Waals surface area contributed by atoms with E-state index in [0.29, 0.717) is 11.6 Å². The quantitative estimate of drug-likeness (QED) is 0.349. The van der Waals surface area contributed by atoms with E-state index in [9.17, 15) is 4.79 Å². The number of amides is 1. The number of carbonyl (C=O) groups excluding carboxylic acids is 1. The highest BCUT2D eigenvalue weighted by Crippen LogP contribution is 2.28. The molecule has 140 valence electrons. The van der Waals surface area contributed by atoms with Crippen LogP contribution in [-0.4, -0.2) is 16.6 Å². The number of halogens is 1.